The van der Waals surface area contributed by atoms with Gasteiger partial charge in [-0.1, -0.05) is 6.07 Å². The number of aromatic amines is 1. The maximum atomic E-state index is 12.2. The topological polar surface area (TPSA) is 48.1 Å². The summed E-state index contributed by atoms with van der Waals surface area (Å²) in [4.78, 5) is 18.2. The predicted molar refractivity (Wildman–Crippen MR) is 83.8 cm³/mol. The molecule has 3 heterocycles. The molecule has 0 bridgehead atoms. The van der Waals surface area contributed by atoms with Crippen LogP contribution >= 0.6 is 0 Å². The molecule has 110 valence electrons. The Bertz CT molecular complexity index is 695. The average molecular weight is 283 g/mol. The van der Waals surface area contributed by atoms with E-state index in [0.29, 0.717) is 5.92 Å². The van der Waals surface area contributed by atoms with Crippen LogP contribution in [0.4, 0.5) is 0 Å². The number of piperidine rings is 1. The summed E-state index contributed by atoms with van der Waals surface area (Å²) in [6.45, 7) is 3.05. The quantitative estimate of drug-likeness (QED) is 0.843. The standard InChI is InChI=1S/C17H21N3O/c1-20-9-6-11(7-10-20)16-12-5-8-18-17(21)13-3-2-4-14(19-16)15(12)13/h2-4,11,19H,5-10H2,1H3,(H,18,21). The molecule has 0 saturated carbocycles. The number of benzene rings is 1. The molecule has 2 aromatic rings. The minimum Gasteiger partial charge on any atom is -0.358 e. The molecule has 1 aromatic carbocycles. The lowest BCUT2D eigenvalue weighted by Crippen LogP contribution is -2.29. The zero-order valence-corrected chi connectivity index (χ0v) is 12.4. The molecule has 4 nitrogen and oxygen atoms in total. The van der Waals surface area contributed by atoms with Crippen LogP contribution in [0.1, 0.15) is 40.4 Å². The lowest BCUT2D eigenvalue weighted by molar-refractivity contribution is 0.0957. The van der Waals surface area contributed by atoms with Crippen LogP contribution in [0.25, 0.3) is 10.9 Å². The molecule has 0 atom stereocenters. The van der Waals surface area contributed by atoms with Crippen molar-refractivity contribution in [3.8, 4) is 0 Å². The first-order valence-corrected chi connectivity index (χ1v) is 7.84. The number of hydrogen-bond acceptors (Lipinski definition) is 2. The fourth-order valence-corrected chi connectivity index (χ4v) is 3.83. The second-order valence-corrected chi connectivity index (χ2v) is 6.33. The van der Waals surface area contributed by atoms with Gasteiger partial charge in [0.25, 0.3) is 5.91 Å². The number of rotatable bonds is 1. The first kappa shape index (κ1) is 12.9. The summed E-state index contributed by atoms with van der Waals surface area (Å²) >= 11 is 0. The monoisotopic (exact) mass is 283 g/mol. The smallest absolute Gasteiger partial charge is 0.251 e. The molecule has 21 heavy (non-hydrogen) atoms. The van der Waals surface area contributed by atoms with Gasteiger partial charge >= 0.3 is 0 Å². The third kappa shape index (κ3) is 2.05. The van der Waals surface area contributed by atoms with Gasteiger partial charge in [-0.2, -0.15) is 0 Å². The molecule has 2 aliphatic rings. The number of nitrogens with one attached hydrogen (secondary N) is 2. The van der Waals surface area contributed by atoms with Crippen molar-refractivity contribution in [3.05, 3.63) is 35.0 Å². The van der Waals surface area contributed by atoms with E-state index in [0.717, 1.165) is 42.5 Å². The van der Waals surface area contributed by atoms with Gasteiger partial charge in [0.15, 0.2) is 0 Å². The number of H-pyrrole nitrogens is 1. The van der Waals surface area contributed by atoms with E-state index in [1.54, 1.807) is 0 Å². The highest BCUT2D eigenvalue weighted by atomic mass is 16.1. The molecule has 1 fully saturated rings. The first-order chi connectivity index (χ1) is 10.2. The van der Waals surface area contributed by atoms with Crippen LogP contribution in [-0.2, 0) is 6.42 Å². The van der Waals surface area contributed by atoms with Crippen LogP contribution in [0, 0.1) is 0 Å². The van der Waals surface area contributed by atoms with Crippen LogP contribution in [-0.4, -0.2) is 42.5 Å². The van der Waals surface area contributed by atoms with Gasteiger partial charge in [0, 0.05) is 34.6 Å². The van der Waals surface area contributed by atoms with Gasteiger partial charge in [-0.15, -0.1) is 0 Å². The summed E-state index contributed by atoms with van der Waals surface area (Å²) in [5, 5.41) is 4.17. The van der Waals surface area contributed by atoms with Crippen molar-refractivity contribution in [2.75, 3.05) is 26.7 Å². The van der Waals surface area contributed by atoms with Crippen LogP contribution in [0.2, 0.25) is 0 Å². The Morgan fingerprint density at radius 1 is 1.24 bits per heavy atom. The lowest BCUT2D eigenvalue weighted by atomic mass is 9.90. The van der Waals surface area contributed by atoms with E-state index in [-0.39, 0.29) is 5.91 Å². The van der Waals surface area contributed by atoms with E-state index >= 15 is 0 Å². The molecule has 2 N–H and O–H groups in total. The Labute approximate surface area is 124 Å². The maximum Gasteiger partial charge on any atom is 0.251 e. The number of amides is 1. The molecular weight excluding hydrogens is 262 g/mol. The maximum absolute atomic E-state index is 12.2. The van der Waals surface area contributed by atoms with E-state index in [1.165, 1.54) is 24.1 Å². The normalized spacial score (nSPS) is 20.5. The van der Waals surface area contributed by atoms with Crippen molar-refractivity contribution >= 4 is 16.8 Å². The zero-order chi connectivity index (χ0) is 14.4. The molecule has 0 radical (unpaired) electrons. The van der Waals surface area contributed by atoms with Crippen molar-refractivity contribution in [3.63, 3.8) is 0 Å². The van der Waals surface area contributed by atoms with Gasteiger partial charge in [0.2, 0.25) is 0 Å². The van der Waals surface area contributed by atoms with E-state index in [9.17, 15) is 4.79 Å². The summed E-state index contributed by atoms with van der Waals surface area (Å²) < 4.78 is 0. The number of hydrogen-bond donors (Lipinski definition) is 2. The Balaban J connectivity index is 1.85. The summed E-state index contributed by atoms with van der Waals surface area (Å²) in [5.74, 6) is 0.665. The SMILES string of the molecule is CN1CCC(c2[nH]c3cccc4c3c2CCNC4=O)CC1. The van der Waals surface area contributed by atoms with Crippen LogP contribution in [0.3, 0.4) is 0 Å². The summed E-state index contributed by atoms with van der Waals surface area (Å²) in [6.07, 6.45) is 3.34. The van der Waals surface area contributed by atoms with Gasteiger partial charge in [0.05, 0.1) is 0 Å². The zero-order valence-electron chi connectivity index (χ0n) is 12.4. The molecule has 4 heteroatoms. The molecule has 2 aliphatic heterocycles. The summed E-state index contributed by atoms with van der Waals surface area (Å²) in [7, 11) is 2.19. The van der Waals surface area contributed by atoms with Crippen molar-refractivity contribution < 1.29 is 4.79 Å². The minimum absolute atomic E-state index is 0.0632. The van der Waals surface area contributed by atoms with E-state index in [1.807, 2.05) is 12.1 Å². The number of carbonyl (C=O) groups is 1. The Morgan fingerprint density at radius 3 is 2.86 bits per heavy atom. The highest BCUT2D eigenvalue weighted by Crippen LogP contribution is 2.36. The highest BCUT2D eigenvalue weighted by Gasteiger charge is 2.27. The molecule has 4 rings (SSSR count). The summed E-state index contributed by atoms with van der Waals surface area (Å²) in [6, 6.07) is 6.01. The van der Waals surface area contributed by atoms with Gasteiger partial charge in [-0.3, -0.25) is 4.79 Å². The first-order valence-electron chi connectivity index (χ1n) is 7.84. The highest BCUT2D eigenvalue weighted by molar-refractivity contribution is 6.08. The molecule has 0 aliphatic carbocycles. The fourth-order valence-electron chi connectivity index (χ4n) is 3.83. The minimum atomic E-state index is 0.0632. The number of nitrogens with zero attached hydrogens (tertiary/aromatic N) is 1. The van der Waals surface area contributed by atoms with Gasteiger partial charge < -0.3 is 15.2 Å². The molecular formula is C17H21N3O. The number of carbonyl (C=O) groups excluding carboxylic acids is 1. The lowest BCUT2D eigenvalue weighted by Gasteiger charge is -2.29. The van der Waals surface area contributed by atoms with Crippen molar-refractivity contribution in [2.45, 2.75) is 25.2 Å². The second kappa shape index (κ2) is 4.88. The van der Waals surface area contributed by atoms with E-state index < -0.39 is 0 Å². The van der Waals surface area contributed by atoms with Crippen LogP contribution in [0.15, 0.2) is 18.2 Å². The van der Waals surface area contributed by atoms with Crippen molar-refractivity contribution in [2.24, 2.45) is 0 Å². The Morgan fingerprint density at radius 2 is 2.05 bits per heavy atom. The number of likely N-dealkylation sites (tertiary alicyclic amines) is 1. The Kier molecular flexibility index (Phi) is 3.00. The predicted octanol–water partition coefficient (Wildman–Crippen LogP) is 2.26. The second-order valence-electron chi connectivity index (χ2n) is 6.33. The Hall–Kier alpha value is -1.81. The molecule has 0 unspecified atom stereocenters. The van der Waals surface area contributed by atoms with Crippen molar-refractivity contribution in [1.82, 2.24) is 15.2 Å². The molecule has 1 aromatic heterocycles. The van der Waals surface area contributed by atoms with Crippen LogP contribution in [0.5, 0.6) is 0 Å². The van der Waals surface area contributed by atoms with Gasteiger partial charge in [0.1, 0.15) is 0 Å². The number of aromatic nitrogens is 1. The molecule has 1 amide bonds. The largest absolute Gasteiger partial charge is 0.358 e. The van der Waals surface area contributed by atoms with Crippen molar-refractivity contribution in [1.29, 1.82) is 0 Å². The molecule has 0 spiro atoms. The molecule has 1 saturated heterocycles. The van der Waals surface area contributed by atoms with Gasteiger partial charge in [-0.25, -0.2) is 0 Å². The third-order valence-electron chi connectivity index (χ3n) is 4.99. The third-order valence-corrected chi connectivity index (χ3v) is 4.99. The fraction of sp³-hybridized carbons (Fsp3) is 0.471. The average Bonchev–Trinajstić information content (AvgIpc) is 2.77. The van der Waals surface area contributed by atoms with E-state index in [4.69, 9.17) is 0 Å². The van der Waals surface area contributed by atoms with Gasteiger partial charge in [-0.05, 0) is 57.1 Å². The van der Waals surface area contributed by atoms with E-state index in [2.05, 4.69) is 28.3 Å². The van der Waals surface area contributed by atoms with Crippen LogP contribution < -0.4 is 5.32 Å². The summed E-state index contributed by atoms with van der Waals surface area (Å²) in [5.41, 5.74) is 4.69.